The molecule has 1 aliphatic heterocycles. The van der Waals surface area contributed by atoms with Gasteiger partial charge in [-0.05, 0) is 37.1 Å². The number of ether oxygens (including phenoxy) is 1. The van der Waals surface area contributed by atoms with Crippen LogP contribution < -0.4 is 10.0 Å². The van der Waals surface area contributed by atoms with E-state index in [0.717, 1.165) is 5.56 Å². The van der Waals surface area contributed by atoms with E-state index in [1.807, 2.05) is 6.92 Å². The molecule has 1 heterocycles. The van der Waals surface area contributed by atoms with Crippen LogP contribution in [0.5, 0.6) is 0 Å². The maximum atomic E-state index is 12.4. The Morgan fingerprint density at radius 2 is 2.20 bits per heavy atom. The lowest BCUT2D eigenvalue weighted by Gasteiger charge is -2.24. The molecule has 0 saturated carbocycles. The van der Waals surface area contributed by atoms with E-state index in [9.17, 15) is 13.2 Å². The smallest absolute Gasteiger partial charge is 0.306 e. The molecule has 0 saturated heterocycles. The lowest BCUT2D eigenvalue weighted by Crippen LogP contribution is -2.37. The van der Waals surface area contributed by atoms with Crippen LogP contribution in [0.4, 0.5) is 11.4 Å². The lowest BCUT2D eigenvalue weighted by molar-refractivity contribution is -0.140. The molecule has 0 radical (unpaired) electrons. The number of benzene rings is 1. The van der Waals surface area contributed by atoms with Crippen LogP contribution in [0.15, 0.2) is 18.2 Å². The second-order valence-electron chi connectivity index (χ2n) is 4.88. The molecule has 6 nitrogen and oxygen atoms in total. The van der Waals surface area contributed by atoms with Gasteiger partial charge >= 0.3 is 5.97 Å². The molecule has 1 unspecified atom stereocenters. The number of nitrogens with two attached hydrogens (primary N) is 1. The fraction of sp³-hybridized carbons (Fsp3) is 0.462. The fourth-order valence-electron chi connectivity index (χ4n) is 2.46. The zero-order valence-electron chi connectivity index (χ0n) is 11.5. The zero-order chi connectivity index (χ0) is 14.9. The second kappa shape index (κ2) is 5.32. The van der Waals surface area contributed by atoms with Crippen molar-refractivity contribution in [2.45, 2.75) is 25.8 Å². The Bertz CT molecular complexity index is 627. The predicted molar refractivity (Wildman–Crippen MR) is 76.9 cm³/mol. The second-order valence-corrected chi connectivity index (χ2v) is 6.84. The first-order valence-electron chi connectivity index (χ1n) is 6.32. The molecule has 0 amide bonds. The average molecular weight is 298 g/mol. The number of anilines is 2. The zero-order valence-corrected chi connectivity index (χ0v) is 12.3. The van der Waals surface area contributed by atoms with Gasteiger partial charge in [-0.3, -0.25) is 9.10 Å². The van der Waals surface area contributed by atoms with E-state index in [2.05, 4.69) is 4.74 Å². The standard InChI is InChI=1S/C13H18N2O4S/c1-9-7-10-8-11(14)3-4-12(10)15(9)20(17,18)6-5-13(16)19-2/h3-4,8-9H,5-7,14H2,1-2H3. The van der Waals surface area contributed by atoms with Gasteiger partial charge in [-0.15, -0.1) is 0 Å². The third-order valence-electron chi connectivity index (χ3n) is 3.35. The van der Waals surface area contributed by atoms with Crippen molar-refractivity contribution in [2.75, 3.05) is 22.9 Å². The first-order chi connectivity index (χ1) is 9.35. The van der Waals surface area contributed by atoms with Crippen molar-refractivity contribution in [3.8, 4) is 0 Å². The third-order valence-corrected chi connectivity index (χ3v) is 5.22. The van der Waals surface area contributed by atoms with Gasteiger partial charge in [-0.2, -0.15) is 0 Å². The molecule has 1 aromatic carbocycles. The monoisotopic (exact) mass is 298 g/mol. The van der Waals surface area contributed by atoms with Crippen molar-refractivity contribution < 1.29 is 17.9 Å². The minimum Gasteiger partial charge on any atom is -0.469 e. The number of nitrogens with zero attached hydrogens (tertiary/aromatic N) is 1. The minimum absolute atomic E-state index is 0.146. The van der Waals surface area contributed by atoms with Gasteiger partial charge in [0.1, 0.15) is 0 Å². The van der Waals surface area contributed by atoms with Gasteiger partial charge in [0.25, 0.3) is 0 Å². The summed E-state index contributed by atoms with van der Waals surface area (Å²) in [4.78, 5) is 11.1. The number of sulfonamides is 1. The van der Waals surface area contributed by atoms with Crippen molar-refractivity contribution in [3.05, 3.63) is 23.8 Å². The van der Waals surface area contributed by atoms with E-state index in [4.69, 9.17) is 5.73 Å². The molecule has 0 aliphatic carbocycles. The van der Waals surface area contributed by atoms with E-state index < -0.39 is 16.0 Å². The van der Waals surface area contributed by atoms with Gasteiger partial charge in [0.15, 0.2) is 0 Å². The molecule has 1 atom stereocenters. The minimum atomic E-state index is -3.55. The number of hydrogen-bond acceptors (Lipinski definition) is 5. The van der Waals surface area contributed by atoms with Crippen molar-refractivity contribution in [2.24, 2.45) is 0 Å². The van der Waals surface area contributed by atoms with Crippen LogP contribution in [0.2, 0.25) is 0 Å². The summed E-state index contributed by atoms with van der Waals surface area (Å²) in [5, 5.41) is 0. The molecular formula is C13H18N2O4S. The highest BCUT2D eigenvalue weighted by molar-refractivity contribution is 7.92. The summed E-state index contributed by atoms with van der Waals surface area (Å²) >= 11 is 0. The van der Waals surface area contributed by atoms with Crippen molar-refractivity contribution in [1.82, 2.24) is 0 Å². The first-order valence-corrected chi connectivity index (χ1v) is 7.93. The van der Waals surface area contributed by atoms with Crippen LogP contribution in [0, 0.1) is 0 Å². The molecule has 0 bridgehead atoms. The molecule has 0 spiro atoms. The number of nitrogen functional groups attached to an aromatic ring is 1. The van der Waals surface area contributed by atoms with Crippen molar-refractivity contribution >= 4 is 27.4 Å². The van der Waals surface area contributed by atoms with Gasteiger partial charge in [0.2, 0.25) is 10.0 Å². The summed E-state index contributed by atoms with van der Waals surface area (Å²) in [7, 11) is -2.31. The Morgan fingerprint density at radius 1 is 1.50 bits per heavy atom. The maximum Gasteiger partial charge on any atom is 0.306 e. The summed E-state index contributed by atoms with van der Waals surface area (Å²) in [6, 6.07) is 5.01. The Balaban J connectivity index is 2.27. The number of carbonyl (C=O) groups is 1. The van der Waals surface area contributed by atoms with Crippen molar-refractivity contribution in [1.29, 1.82) is 0 Å². The number of carbonyl (C=O) groups excluding carboxylic acids is 1. The normalized spacial score (nSPS) is 17.9. The van der Waals surface area contributed by atoms with E-state index in [1.54, 1.807) is 18.2 Å². The predicted octanol–water partition coefficient (Wildman–Crippen LogP) is 0.913. The van der Waals surface area contributed by atoms with Crippen LogP contribution in [0.1, 0.15) is 18.9 Å². The number of esters is 1. The van der Waals surface area contributed by atoms with Gasteiger partial charge in [0, 0.05) is 11.7 Å². The molecule has 2 rings (SSSR count). The molecule has 2 N–H and O–H groups in total. The van der Waals surface area contributed by atoms with Crippen LogP contribution in [0.25, 0.3) is 0 Å². The third kappa shape index (κ3) is 2.72. The molecule has 1 aliphatic rings. The molecule has 110 valence electrons. The largest absolute Gasteiger partial charge is 0.469 e. The van der Waals surface area contributed by atoms with Gasteiger partial charge < -0.3 is 10.5 Å². The van der Waals surface area contributed by atoms with E-state index in [-0.39, 0.29) is 18.2 Å². The SMILES string of the molecule is COC(=O)CCS(=O)(=O)N1c2ccc(N)cc2CC1C. The fourth-order valence-corrected chi connectivity index (χ4v) is 4.18. The van der Waals surface area contributed by atoms with E-state index in [1.165, 1.54) is 11.4 Å². The Kier molecular flexibility index (Phi) is 3.89. The van der Waals surface area contributed by atoms with E-state index in [0.29, 0.717) is 17.8 Å². The molecule has 0 aromatic heterocycles. The Labute approximate surface area is 118 Å². The van der Waals surface area contributed by atoms with Crippen LogP contribution >= 0.6 is 0 Å². The summed E-state index contributed by atoms with van der Waals surface area (Å²) < 4.78 is 30.7. The number of methoxy groups -OCH3 is 1. The quantitative estimate of drug-likeness (QED) is 0.659. The molecule has 0 fully saturated rings. The highest BCUT2D eigenvalue weighted by Gasteiger charge is 2.35. The van der Waals surface area contributed by atoms with Crippen LogP contribution in [0.3, 0.4) is 0 Å². The summed E-state index contributed by atoms with van der Waals surface area (Å²) in [6.45, 7) is 1.84. The van der Waals surface area contributed by atoms with Crippen LogP contribution in [-0.4, -0.2) is 33.3 Å². The molecule has 20 heavy (non-hydrogen) atoms. The number of fused-ring (bicyclic) bond motifs is 1. The maximum absolute atomic E-state index is 12.4. The average Bonchev–Trinajstić information content (AvgIpc) is 2.71. The molecular weight excluding hydrogens is 280 g/mol. The van der Waals surface area contributed by atoms with Crippen LogP contribution in [-0.2, 0) is 26.0 Å². The van der Waals surface area contributed by atoms with Crippen molar-refractivity contribution in [3.63, 3.8) is 0 Å². The summed E-state index contributed by atoms with van der Waals surface area (Å²) in [6.07, 6.45) is 0.476. The molecule has 7 heteroatoms. The van der Waals surface area contributed by atoms with Gasteiger partial charge in [0.05, 0.1) is 25.0 Å². The number of rotatable bonds is 4. The highest BCUT2D eigenvalue weighted by atomic mass is 32.2. The Morgan fingerprint density at radius 3 is 2.85 bits per heavy atom. The lowest BCUT2D eigenvalue weighted by atomic mass is 10.1. The number of hydrogen-bond donors (Lipinski definition) is 1. The summed E-state index contributed by atoms with van der Waals surface area (Å²) in [5.41, 5.74) is 7.90. The van der Waals surface area contributed by atoms with Gasteiger partial charge in [-0.25, -0.2) is 8.42 Å². The summed E-state index contributed by atoms with van der Waals surface area (Å²) in [5.74, 6) is -0.786. The first kappa shape index (κ1) is 14.6. The molecule has 1 aromatic rings. The Hall–Kier alpha value is -1.76. The highest BCUT2D eigenvalue weighted by Crippen LogP contribution is 2.35. The van der Waals surface area contributed by atoms with Gasteiger partial charge in [-0.1, -0.05) is 0 Å². The van der Waals surface area contributed by atoms with E-state index >= 15 is 0 Å². The topological polar surface area (TPSA) is 89.7 Å².